The molecule has 0 atom stereocenters. The molecule has 0 aliphatic rings. The number of rotatable bonds is 5. The van der Waals surface area contributed by atoms with E-state index in [0.29, 0.717) is 6.61 Å². The highest BCUT2D eigenvalue weighted by Crippen LogP contribution is 2.17. The number of sulfonamides is 1. The molecule has 2 N–H and O–H groups in total. The van der Waals surface area contributed by atoms with Crippen LogP contribution in [0, 0.1) is 5.41 Å². The second kappa shape index (κ2) is 4.39. The highest BCUT2D eigenvalue weighted by atomic mass is 32.2. The van der Waals surface area contributed by atoms with Gasteiger partial charge in [0.2, 0.25) is 10.0 Å². The Bertz CT molecular complexity index is 244. The van der Waals surface area contributed by atoms with Crippen LogP contribution in [0.4, 0.5) is 0 Å². The predicted molar refractivity (Wildman–Crippen MR) is 52.8 cm³/mol. The Morgan fingerprint density at radius 1 is 1.38 bits per heavy atom. The topological polar surface area (TPSA) is 69.4 Å². The van der Waals surface area contributed by atoms with E-state index in [2.05, 4.69) is 0 Å². The van der Waals surface area contributed by atoms with Crippen LogP contribution < -0.4 is 5.14 Å². The van der Waals surface area contributed by atoms with Crippen LogP contribution >= 0.6 is 0 Å². The van der Waals surface area contributed by atoms with Crippen molar-refractivity contribution < 1.29 is 13.2 Å². The molecule has 0 saturated carbocycles. The third kappa shape index (κ3) is 8.21. The van der Waals surface area contributed by atoms with E-state index in [4.69, 9.17) is 9.88 Å². The van der Waals surface area contributed by atoms with Gasteiger partial charge in [0.1, 0.15) is 0 Å². The number of hydrogen-bond acceptors (Lipinski definition) is 3. The molecule has 0 heterocycles. The number of nitrogens with two attached hydrogens (primary N) is 1. The van der Waals surface area contributed by atoms with Crippen LogP contribution in [-0.4, -0.2) is 26.9 Å². The summed E-state index contributed by atoms with van der Waals surface area (Å²) in [5.74, 6) is -0.0489. The first-order valence-electron chi connectivity index (χ1n) is 4.24. The van der Waals surface area contributed by atoms with Crippen LogP contribution in [0.15, 0.2) is 0 Å². The predicted octanol–water partition coefficient (Wildman–Crippen LogP) is 0.726. The van der Waals surface area contributed by atoms with Crippen LogP contribution in [0.1, 0.15) is 27.7 Å². The largest absolute Gasteiger partial charge is 0.378 e. The number of primary sulfonamides is 1. The van der Waals surface area contributed by atoms with Crippen molar-refractivity contribution in [2.45, 2.75) is 33.8 Å². The molecule has 0 aliphatic carbocycles. The van der Waals surface area contributed by atoms with E-state index in [0.717, 1.165) is 0 Å². The van der Waals surface area contributed by atoms with Gasteiger partial charge in [-0.3, -0.25) is 0 Å². The summed E-state index contributed by atoms with van der Waals surface area (Å²) in [6, 6.07) is 0. The lowest BCUT2D eigenvalue weighted by Gasteiger charge is -2.24. The first-order chi connectivity index (χ1) is 5.62. The van der Waals surface area contributed by atoms with Gasteiger partial charge < -0.3 is 4.74 Å². The summed E-state index contributed by atoms with van der Waals surface area (Å²) in [5, 5.41) is 4.94. The molecule has 0 saturated heterocycles. The fraction of sp³-hybridized carbons (Fsp3) is 1.00. The van der Waals surface area contributed by atoms with Crippen LogP contribution in [0.25, 0.3) is 0 Å². The van der Waals surface area contributed by atoms with E-state index in [1.807, 2.05) is 27.7 Å². The Morgan fingerprint density at radius 2 is 1.85 bits per heavy atom. The van der Waals surface area contributed by atoms with Crippen molar-refractivity contribution in [1.29, 1.82) is 0 Å². The van der Waals surface area contributed by atoms with E-state index in [-0.39, 0.29) is 11.9 Å². The fourth-order valence-electron chi connectivity index (χ4n) is 0.979. The summed E-state index contributed by atoms with van der Waals surface area (Å²) in [4.78, 5) is 0. The molecule has 0 aromatic rings. The van der Waals surface area contributed by atoms with Crippen molar-refractivity contribution in [3.05, 3.63) is 0 Å². The summed E-state index contributed by atoms with van der Waals surface area (Å²) in [6.45, 7) is 7.86. The minimum atomic E-state index is -3.41. The van der Waals surface area contributed by atoms with Gasteiger partial charge in [0.05, 0.1) is 18.5 Å². The van der Waals surface area contributed by atoms with Crippen molar-refractivity contribution in [3.8, 4) is 0 Å². The lowest BCUT2D eigenvalue weighted by molar-refractivity contribution is 0.0296. The third-order valence-electron chi connectivity index (χ3n) is 1.40. The summed E-state index contributed by atoms with van der Waals surface area (Å²) >= 11 is 0. The van der Waals surface area contributed by atoms with Gasteiger partial charge in [0, 0.05) is 5.41 Å². The van der Waals surface area contributed by atoms with Crippen LogP contribution in [0.5, 0.6) is 0 Å². The van der Waals surface area contributed by atoms with Gasteiger partial charge >= 0.3 is 0 Å². The van der Waals surface area contributed by atoms with E-state index in [9.17, 15) is 8.42 Å². The SMILES string of the molecule is CC(C)OCC(C)(C)CS(N)(=O)=O. The van der Waals surface area contributed by atoms with Gasteiger partial charge in [-0.25, -0.2) is 13.6 Å². The Morgan fingerprint density at radius 3 is 2.15 bits per heavy atom. The monoisotopic (exact) mass is 209 g/mol. The molecule has 5 heteroatoms. The minimum Gasteiger partial charge on any atom is -0.378 e. The molecule has 4 nitrogen and oxygen atoms in total. The zero-order chi connectivity index (χ0) is 10.7. The van der Waals surface area contributed by atoms with Crippen LogP contribution in [0.3, 0.4) is 0 Å². The highest BCUT2D eigenvalue weighted by molar-refractivity contribution is 7.89. The van der Waals surface area contributed by atoms with Gasteiger partial charge in [0.15, 0.2) is 0 Å². The maximum absolute atomic E-state index is 10.8. The maximum Gasteiger partial charge on any atom is 0.209 e. The van der Waals surface area contributed by atoms with E-state index < -0.39 is 15.4 Å². The lowest BCUT2D eigenvalue weighted by Crippen LogP contribution is -2.33. The van der Waals surface area contributed by atoms with Crippen molar-refractivity contribution in [1.82, 2.24) is 0 Å². The molecule has 0 bridgehead atoms. The molecule has 0 unspecified atom stereocenters. The minimum absolute atomic E-state index is 0.0489. The van der Waals surface area contributed by atoms with Gasteiger partial charge in [0.25, 0.3) is 0 Å². The van der Waals surface area contributed by atoms with Gasteiger partial charge in [-0.1, -0.05) is 13.8 Å². The number of ether oxygens (including phenoxy) is 1. The molecule has 0 amide bonds. The van der Waals surface area contributed by atoms with Crippen LogP contribution in [0.2, 0.25) is 0 Å². The van der Waals surface area contributed by atoms with Crippen molar-refractivity contribution in [2.75, 3.05) is 12.4 Å². The first-order valence-corrected chi connectivity index (χ1v) is 5.96. The molecule has 0 aromatic carbocycles. The molecule has 0 rings (SSSR count). The van der Waals surface area contributed by atoms with Crippen LogP contribution in [-0.2, 0) is 14.8 Å². The molecular weight excluding hydrogens is 190 g/mol. The zero-order valence-electron chi connectivity index (χ0n) is 8.70. The Labute approximate surface area is 80.5 Å². The lowest BCUT2D eigenvalue weighted by atomic mass is 9.98. The summed E-state index contributed by atoms with van der Waals surface area (Å²) < 4.78 is 27.0. The van der Waals surface area contributed by atoms with Crippen molar-refractivity contribution in [2.24, 2.45) is 10.6 Å². The fourth-order valence-corrected chi connectivity index (χ4v) is 2.15. The van der Waals surface area contributed by atoms with Gasteiger partial charge in [-0.2, -0.15) is 0 Å². The molecular formula is C8H19NO3S. The Hall–Kier alpha value is -0.130. The van der Waals surface area contributed by atoms with E-state index >= 15 is 0 Å². The smallest absolute Gasteiger partial charge is 0.209 e. The van der Waals surface area contributed by atoms with E-state index in [1.165, 1.54) is 0 Å². The quantitative estimate of drug-likeness (QED) is 0.725. The summed E-state index contributed by atoms with van der Waals surface area (Å²) in [5.41, 5.74) is -0.419. The average molecular weight is 209 g/mol. The average Bonchev–Trinajstić information content (AvgIpc) is 1.78. The van der Waals surface area contributed by atoms with Crippen molar-refractivity contribution in [3.63, 3.8) is 0 Å². The first kappa shape index (κ1) is 12.9. The normalized spacial score (nSPS) is 13.7. The molecule has 0 radical (unpaired) electrons. The number of hydrogen-bond donors (Lipinski definition) is 1. The van der Waals surface area contributed by atoms with Crippen molar-refractivity contribution >= 4 is 10.0 Å². The van der Waals surface area contributed by atoms with Gasteiger partial charge in [-0.05, 0) is 13.8 Å². The summed E-state index contributed by atoms with van der Waals surface area (Å²) in [7, 11) is -3.41. The second-order valence-corrected chi connectivity index (χ2v) is 5.95. The molecule has 13 heavy (non-hydrogen) atoms. The zero-order valence-corrected chi connectivity index (χ0v) is 9.52. The summed E-state index contributed by atoms with van der Waals surface area (Å²) in [6.07, 6.45) is 0.111. The van der Waals surface area contributed by atoms with Gasteiger partial charge in [-0.15, -0.1) is 0 Å². The molecule has 0 aromatic heterocycles. The van der Waals surface area contributed by atoms with E-state index in [1.54, 1.807) is 0 Å². The third-order valence-corrected chi connectivity index (χ3v) is 2.58. The second-order valence-electron chi connectivity index (χ2n) is 4.33. The molecule has 0 aliphatic heterocycles. The standard InChI is InChI=1S/C8H19NO3S/c1-7(2)12-5-8(3,4)6-13(9,10)11/h7H,5-6H2,1-4H3,(H2,9,10,11). The Kier molecular flexibility index (Phi) is 4.35. The molecule has 80 valence electrons. The maximum atomic E-state index is 10.8. The molecule has 0 fully saturated rings. The Balaban J connectivity index is 4.09. The highest BCUT2D eigenvalue weighted by Gasteiger charge is 2.24. The molecule has 0 spiro atoms.